The van der Waals surface area contributed by atoms with Crippen molar-refractivity contribution in [2.24, 2.45) is 11.8 Å². The molecule has 2 aliphatic carbocycles. The Kier molecular flexibility index (Phi) is 5.06. The molecule has 1 aliphatic heterocycles. The fourth-order valence-electron chi connectivity index (χ4n) is 3.72. The summed E-state index contributed by atoms with van der Waals surface area (Å²) in [6.07, 6.45) is 8.44. The lowest BCUT2D eigenvalue weighted by Gasteiger charge is -2.32. The quantitative estimate of drug-likeness (QED) is 0.847. The van der Waals surface area contributed by atoms with E-state index in [4.69, 9.17) is 4.98 Å². The Balaban J connectivity index is 1.26. The maximum atomic E-state index is 12.3. The van der Waals surface area contributed by atoms with Gasteiger partial charge in [-0.2, -0.15) is 0 Å². The summed E-state index contributed by atoms with van der Waals surface area (Å²) in [6, 6.07) is 0. The van der Waals surface area contributed by atoms with Gasteiger partial charge in [-0.05, 0) is 38.5 Å². The monoisotopic (exact) mass is 361 g/mol. The summed E-state index contributed by atoms with van der Waals surface area (Å²) >= 11 is 1.71. The predicted octanol–water partition coefficient (Wildman–Crippen LogP) is 2.72. The molecule has 1 aromatic rings. The average Bonchev–Trinajstić information content (AvgIpc) is 3.31. The first kappa shape index (κ1) is 17.0. The molecule has 2 saturated carbocycles. The van der Waals surface area contributed by atoms with Crippen LogP contribution in [0, 0.1) is 11.8 Å². The van der Waals surface area contributed by atoms with Crippen molar-refractivity contribution in [2.45, 2.75) is 57.3 Å². The highest BCUT2D eigenvalue weighted by atomic mass is 32.1. The van der Waals surface area contributed by atoms with Crippen molar-refractivity contribution in [3.8, 4) is 0 Å². The lowest BCUT2D eigenvalue weighted by Crippen LogP contribution is -2.39. The summed E-state index contributed by atoms with van der Waals surface area (Å²) in [5.74, 6) is 1.52. The van der Waals surface area contributed by atoms with Gasteiger partial charge in [0.15, 0.2) is 0 Å². The number of amides is 2. The van der Waals surface area contributed by atoms with Gasteiger partial charge in [-0.25, -0.2) is 4.98 Å². The van der Waals surface area contributed by atoms with E-state index in [0.29, 0.717) is 24.3 Å². The second kappa shape index (κ2) is 7.44. The molecule has 136 valence electrons. The Morgan fingerprint density at radius 2 is 2.00 bits per heavy atom. The standard InChI is InChI=1S/C19H27N3O2S/c23-17(13-3-1-4-13)20-9-8-16-12-25-18(21-16)15-5-2-10-22(11-15)19(24)14-6-7-14/h12-15H,1-11H2,(H,20,23). The highest BCUT2D eigenvalue weighted by Gasteiger charge is 2.36. The van der Waals surface area contributed by atoms with Crippen molar-refractivity contribution < 1.29 is 9.59 Å². The van der Waals surface area contributed by atoms with Crippen LogP contribution in [0.3, 0.4) is 0 Å². The molecule has 2 amide bonds. The largest absolute Gasteiger partial charge is 0.355 e. The lowest BCUT2D eigenvalue weighted by atomic mass is 9.85. The summed E-state index contributed by atoms with van der Waals surface area (Å²) in [4.78, 5) is 31.0. The molecule has 0 radical (unpaired) electrons. The number of thiazole rings is 1. The number of hydrogen-bond donors (Lipinski definition) is 1. The van der Waals surface area contributed by atoms with Gasteiger partial charge < -0.3 is 10.2 Å². The predicted molar refractivity (Wildman–Crippen MR) is 97.4 cm³/mol. The van der Waals surface area contributed by atoms with E-state index < -0.39 is 0 Å². The number of carbonyl (C=O) groups is 2. The third-order valence-electron chi connectivity index (χ3n) is 5.73. The summed E-state index contributed by atoms with van der Waals surface area (Å²) < 4.78 is 0. The van der Waals surface area contributed by atoms with Crippen LogP contribution < -0.4 is 5.32 Å². The molecular weight excluding hydrogens is 334 g/mol. The number of hydrogen-bond acceptors (Lipinski definition) is 4. The zero-order valence-electron chi connectivity index (χ0n) is 14.7. The fraction of sp³-hybridized carbons (Fsp3) is 0.737. The molecule has 1 N–H and O–H groups in total. The summed E-state index contributed by atoms with van der Waals surface area (Å²) in [7, 11) is 0. The van der Waals surface area contributed by atoms with Gasteiger partial charge in [-0.3, -0.25) is 9.59 Å². The third kappa shape index (κ3) is 4.05. The van der Waals surface area contributed by atoms with Crippen LogP contribution >= 0.6 is 11.3 Å². The number of nitrogens with one attached hydrogen (secondary N) is 1. The minimum absolute atomic E-state index is 0.211. The van der Waals surface area contributed by atoms with Crippen LogP contribution in [0.5, 0.6) is 0 Å². The summed E-state index contributed by atoms with van der Waals surface area (Å²) in [6.45, 7) is 2.42. The van der Waals surface area contributed by atoms with Crippen molar-refractivity contribution in [1.82, 2.24) is 15.2 Å². The summed E-state index contributed by atoms with van der Waals surface area (Å²) in [5.41, 5.74) is 1.07. The molecule has 5 nitrogen and oxygen atoms in total. The lowest BCUT2D eigenvalue weighted by molar-refractivity contribution is -0.133. The Hall–Kier alpha value is -1.43. The van der Waals surface area contributed by atoms with Crippen LogP contribution in [-0.2, 0) is 16.0 Å². The molecule has 0 spiro atoms. The van der Waals surface area contributed by atoms with Gasteiger partial charge in [0.25, 0.3) is 0 Å². The molecule has 1 unspecified atom stereocenters. The molecular formula is C19H27N3O2S. The first-order valence-electron chi connectivity index (χ1n) is 9.71. The van der Waals surface area contributed by atoms with E-state index in [2.05, 4.69) is 15.6 Å². The number of piperidine rings is 1. The van der Waals surface area contributed by atoms with E-state index in [1.165, 1.54) is 6.42 Å². The Bertz CT molecular complexity index is 636. The molecule has 25 heavy (non-hydrogen) atoms. The molecule has 4 rings (SSSR count). The maximum Gasteiger partial charge on any atom is 0.225 e. The van der Waals surface area contributed by atoms with Gasteiger partial charge >= 0.3 is 0 Å². The number of rotatable bonds is 6. The Morgan fingerprint density at radius 1 is 1.16 bits per heavy atom. The zero-order valence-corrected chi connectivity index (χ0v) is 15.5. The molecule has 0 bridgehead atoms. The van der Waals surface area contributed by atoms with Crippen LogP contribution in [0.15, 0.2) is 5.38 Å². The Labute approximate surface area is 153 Å². The Morgan fingerprint density at radius 3 is 2.72 bits per heavy atom. The van der Waals surface area contributed by atoms with Crippen molar-refractivity contribution in [3.05, 3.63) is 16.1 Å². The van der Waals surface area contributed by atoms with Gasteiger partial charge in [0.05, 0.1) is 10.7 Å². The van der Waals surface area contributed by atoms with Gasteiger partial charge in [0.2, 0.25) is 11.8 Å². The first-order chi connectivity index (χ1) is 12.2. The van der Waals surface area contributed by atoms with Crippen LogP contribution in [0.25, 0.3) is 0 Å². The zero-order chi connectivity index (χ0) is 17.2. The fourth-order valence-corrected chi connectivity index (χ4v) is 4.70. The van der Waals surface area contributed by atoms with E-state index in [0.717, 1.165) is 68.7 Å². The third-order valence-corrected chi connectivity index (χ3v) is 6.79. The maximum absolute atomic E-state index is 12.3. The number of nitrogens with zero attached hydrogens (tertiary/aromatic N) is 2. The van der Waals surface area contributed by atoms with Crippen LogP contribution in [0.4, 0.5) is 0 Å². The van der Waals surface area contributed by atoms with Crippen LogP contribution in [0.1, 0.15) is 61.6 Å². The molecule has 3 fully saturated rings. The highest BCUT2D eigenvalue weighted by Crippen LogP contribution is 2.35. The van der Waals surface area contributed by atoms with Crippen LogP contribution in [0.2, 0.25) is 0 Å². The smallest absolute Gasteiger partial charge is 0.225 e. The van der Waals surface area contributed by atoms with E-state index in [-0.39, 0.29) is 11.8 Å². The van der Waals surface area contributed by atoms with Gasteiger partial charge in [-0.1, -0.05) is 6.42 Å². The molecule has 1 saturated heterocycles. The first-order valence-corrected chi connectivity index (χ1v) is 10.6. The van der Waals surface area contributed by atoms with E-state index in [9.17, 15) is 9.59 Å². The molecule has 1 aromatic heterocycles. The van der Waals surface area contributed by atoms with E-state index in [1.807, 2.05) is 0 Å². The van der Waals surface area contributed by atoms with Crippen molar-refractivity contribution >= 4 is 23.2 Å². The van der Waals surface area contributed by atoms with Gasteiger partial charge in [0.1, 0.15) is 0 Å². The van der Waals surface area contributed by atoms with Crippen LogP contribution in [-0.4, -0.2) is 41.3 Å². The molecule has 3 aliphatic rings. The highest BCUT2D eigenvalue weighted by molar-refractivity contribution is 7.09. The molecule has 1 atom stereocenters. The summed E-state index contributed by atoms with van der Waals surface area (Å²) in [5, 5.41) is 6.31. The second-order valence-corrected chi connectivity index (χ2v) is 8.63. The minimum atomic E-state index is 0.211. The SMILES string of the molecule is O=C(NCCc1csc(C2CCCN(C(=O)C3CC3)C2)n1)C1CCC1. The van der Waals surface area contributed by atoms with E-state index >= 15 is 0 Å². The van der Waals surface area contributed by atoms with Crippen molar-refractivity contribution in [3.63, 3.8) is 0 Å². The number of carbonyl (C=O) groups excluding carboxylic acids is 2. The normalized spacial score (nSPS) is 24.0. The average molecular weight is 362 g/mol. The number of likely N-dealkylation sites (tertiary alicyclic amines) is 1. The van der Waals surface area contributed by atoms with Gasteiger partial charge in [-0.15, -0.1) is 11.3 Å². The molecule has 2 heterocycles. The second-order valence-electron chi connectivity index (χ2n) is 7.74. The van der Waals surface area contributed by atoms with Crippen molar-refractivity contribution in [2.75, 3.05) is 19.6 Å². The molecule has 6 heteroatoms. The van der Waals surface area contributed by atoms with Crippen molar-refractivity contribution in [1.29, 1.82) is 0 Å². The number of aromatic nitrogens is 1. The van der Waals surface area contributed by atoms with Gasteiger partial charge in [0, 0.05) is 49.2 Å². The molecule has 0 aromatic carbocycles. The topological polar surface area (TPSA) is 62.3 Å². The van der Waals surface area contributed by atoms with E-state index in [1.54, 1.807) is 11.3 Å². The minimum Gasteiger partial charge on any atom is -0.355 e.